The summed E-state index contributed by atoms with van der Waals surface area (Å²) in [6.45, 7) is 5.69. The van der Waals surface area contributed by atoms with Gasteiger partial charge in [0.2, 0.25) is 5.82 Å². The van der Waals surface area contributed by atoms with Crippen molar-refractivity contribution in [3.8, 4) is 11.4 Å². The number of piperidine rings is 1. The van der Waals surface area contributed by atoms with Crippen LogP contribution in [0.5, 0.6) is 0 Å². The van der Waals surface area contributed by atoms with Crippen LogP contribution in [0.3, 0.4) is 0 Å². The van der Waals surface area contributed by atoms with Crippen molar-refractivity contribution >= 4 is 71.2 Å². The highest BCUT2D eigenvalue weighted by molar-refractivity contribution is 14.0. The molecule has 4 atom stereocenters. The lowest BCUT2D eigenvalue weighted by Crippen LogP contribution is -2.51. The van der Waals surface area contributed by atoms with E-state index < -0.39 is 0 Å². The Hall–Kier alpha value is -0.730. The molecule has 0 radical (unpaired) electrons. The highest BCUT2D eigenvalue weighted by atomic mass is 127. The Balaban J connectivity index is 0.00000204. The zero-order chi connectivity index (χ0) is 22.5. The second-order valence-corrected chi connectivity index (χ2v) is 9.49. The molecular weight excluding hydrogens is 682 g/mol. The molecule has 11 heteroatoms. The zero-order valence-corrected chi connectivity index (χ0v) is 25.0. The first-order valence-electron chi connectivity index (χ1n) is 11.8. The number of H-pyrrole nitrogens is 1. The van der Waals surface area contributed by atoms with E-state index in [-0.39, 0.29) is 60.0 Å². The molecule has 1 aromatic carbocycles. The quantitative estimate of drug-likeness (QED) is 0.252. The fraction of sp³-hybridized carbons (Fsp3) is 0.652. The van der Waals surface area contributed by atoms with Crippen LogP contribution in [0.25, 0.3) is 11.4 Å². The molecule has 34 heavy (non-hydrogen) atoms. The minimum Gasteiger partial charge on any atom is -0.464 e. The first-order valence-corrected chi connectivity index (χ1v) is 12.2. The number of hydrogen-bond acceptors (Lipinski definition) is 7. The van der Waals surface area contributed by atoms with Crippen LogP contribution in [-0.4, -0.2) is 51.8 Å². The van der Waals surface area contributed by atoms with E-state index in [2.05, 4.69) is 45.1 Å². The summed E-state index contributed by atoms with van der Waals surface area (Å²) in [4.78, 5) is 12.7. The first-order chi connectivity index (χ1) is 15.6. The fourth-order valence-corrected chi connectivity index (χ4v) is 5.32. The lowest BCUT2D eigenvalue weighted by molar-refractivity contribution is -0.149. The summed E-state index contributed by atoms with van der Waals surface area (Å²) in [5, 5.41) is 22.1. The second-order valence-electron chi connectivity index (χ2n) is 9.08. The molecule has 0 bridgehead atoms. The molecular formula is C23H35ClI2N6O2. The van der Waals surface area contributed by atoms with Gasteiger partial charge in [0.05, 0.1) is 17.2 Å². The highest BCUT2D eigenvalue weighted by Crippen LogP contribution is 2.39. The van der Waals surface area contributed by atoms with E-state index in [1.807, 2.05) is 18.2 Å². The number of tetrazole rings is 1. The van der Waals surface area contributed by atoms with Gasteiger partial charge in [-0.25, -0.2) is 0 Å². The number of carbonyl (C=O) groups is 1. The number of anilines is 1. The maximum atomic E-state index is 12.7. The molecule has 1 saturated heterocycles. The van der Waals surface area contributed by atoms with Gasteiger partial charge >= 0.3 is 5.97 Å². The van der Waals surface area contributed by atoms with E-state index in [4.69, 9.17) is 16.3 Å². The maximum Gasteiger partial charge on any atom is 0.323 e. The summed E-state index contributed by atoms with van der Waals surface area (Å²) in [5.41, 5.74) is 1.68. The lowest BCUT2D eigenvalue weighted by Gasteiger charge is -2.42. The Morgan fingerprint density at radius 1 is 1.21 bits per heavy atom. The Morgan fingerprint density at radius 3 is 2.71 bits per heavy atom. The van der Waals surface area contributed by atoms with Crippen molar-refractivity contribution in [2.24, 2.45) is 17.8 Å². The van der Waals surface area contributed by atoms with Gasteiger partial charge in [-0.1, -0.05) is 44.4 Å². The van der Waals surface area contributed by atoms with Crippen LogP contribution in [-0.2, 0) is 9.53 Å². The summed E-state index contributed by atoms with van der Waals surface area (Å²) in [5.74, 6) is 1.92. The molecule has 3 N–H and O–H groups in total. The molecule has 2 heterocycles. The van der Waals surface area contributed by atoms with Crippen LogP contribution in [0.4, 0.5) is 5.69 Å². The molecule has 2 fully saturated rings. The van der Waals surface area contributed by atoms with Gasteiger partial charge in [0.1, 0.15) is 6.04 Å². The van der Waals surface area contributed by atoms with E-state index in [1.54, 1.807) is 0 Å². The van der Waals surface area contributed by atoms with E-state index in [0.717, 1.165) is 56.3 Å². The second kappa shape index (κ2) is 14.1. The molecule has 2 aromatic rings. The minimum atomic E-state index is -0.203. The summed E-state index contributed by atoms with van der Waals surface area (Å²) >= 11 is 6.45. The standard InChI is InChI=1S/C23H33ClN6O2.2HI/c1-3-14(4-2)13-32-23(31)20-11-16-10-17(9-8-15(16)12-25-20)26-19-7-5-6-18(24)21(19)22-27-29-30-28-22;;/h5-7,14-17,20,25-26H,3-4,8-13H2,1-2H3,(H,27,28,29,30);2*1H/t15-,16+,17-,20-;;/m0../s1. The molecule has 1 aliphatic carbocycles. The van der Waals surface area contributed by atoms with E-state index in [9.17, 15) is 4.79 Å². The van der Waals surface area contributed by atoms with Crippen LogP contribution in [0.1, 0.15) is 52.4 Å². The van der Waals surface area contributed by atoms with Gasteiger partial charge in [-0.15, -0.1) is 58.2 Å². The third-order valence-electron chi connectivity index (χ3n) is 7.15. The van der Waals surface area contributed by atoms with Crippen LogP contribution in [0, 0.1) is 17.8 Å². The number of aromatic amines is 1. The average Bonchev–Trinajstić information content (AvgIpc) is 3.33. The molecule has 0 spiro atoms. The van der Waals surface area contributed by atoms with Gasteiger partial charge in [0.25, 0.3) is 0 Å². The molecule has 190 valence electrons. The van der Waals surface area contributed by atoms with Crippen LogP contribution in [0.2, 0.25) is 5.02 Å². The average molecular weight is 717 g/mol. The normalized spacial score (nSPS) is 23.9. The van der Waals surface area contributed by atoms with Crippen molar-refractivity contribution in [3.63, 3.8) is 0 Å². The largest absolute Gasteiger partial charge is 0.464 e. The number of benzene rings is 1. The number of aromatic nitrogens is 4. The predicted molar refractivity (Wildman–Crippen MR) is 155 cm³/mol. The highest BCUT2D eigenvalue weighted by Gasteiger charge is 2.38. The van der Waals surface area contributed by atoms with Crippen molar-refractivity contribution < 1.29 is 9.53 Å². The van der Waals surface area contributed by atoms with Gasteiger partial charge in [0, 0.05) is 11.7 Å². The molecule has 0 unspecified atom stereocenters. The maximum absolute atomic E-state index is 12.7. The Kier molecular flexibility index (Phi) is 12.3. The summed E-state index contributed by atoms with van der Waals surface area (Å²) in [6, 6.07) is 5.87. The smallest absolute Gasteiger partial charge is 0.323 e. The van der Waals surface area contributed by atoms with Crippen LogP contribution < -0.4 is 10.6 Å². The van der Waals surface area contributed by atoms with Crippen LogP contribution >= 0.6 is 59.6 Å². The predicted octanol–water partition coefficient (Wildman–Crippen LogP) is 5.29. The molecule has 2 aliphatic rings. The van der Waals surface area contributed by atoms with Crippen LogP contribution in [0.15, 0.2) is 18.2 Å². The van der Waals surface area contributed by atoms with Crippen molar-refractivity contribution in [1.82, 2.24) is 25.9 Å². The lowest BCUT2D eigenvalue weighted by atomic mass is 9.72. The Bertz CT molecular complexity index is 900. The number of nitrogens with one attached hydrogen (secondary N) is 3. The number of ether oxygens (including phenoxy) is 1. The van der Waals surface area contributed by atoms with Gasteiger partial charge in [0.15, 0.2) is 0 Å². The number of halogens is 3. The van der Waals surface area contributed by atoms with Crippen molar-refractivity contribution in [2.75, 3.05) is 18.5 Å². The number of carbonyl (C=O) groups excluding carboxylic acids is 1. The van der Waals surface area contributed by atoms with Crippen molar-refractivity contribution in [1.29, 1.82) is 0 Å². The SMILES string of the molecule is CCC(CC)COC(=O)[C@@H]1C[C@H]2C[C@@H](Nc3cccc(Cl)c3-c3nn[nH]n3)CC[C@H]2CN1.I.I. The number of fused-ring (bicyclic) bond motifs is 1. The summed E-state index contributed by atoms with van der Waals surface area (Å²) in [6.07, 6.45) is 6.12. The van der Waals surface area contributed by atoms with Gasteiger partial charge < -0.3 is 15.4 Å². The van der Waals surface area contributed by atoms with E-state index >= 15 is 0 Å². The third-order valence-corrected chi connectivity index (χ3v) is 7.46. The Labute approximate surface area is 240 Å². The monoisotopic (exact) mass is 716 g/mol. The van der Waals surface area contributed by atoms with Gasteiger partial charge in [-0.05, 0) is 67.3 Å². The first kappa shape index (κ1) is 29.5. The Morgan fingerprint density at radius 2 is 2.00 bits per heavy atom. The molecule has 1 aliphatic heterocycles. The van der Waals surface area contributed by atoms with E-state index in [1.165, 1.54) is 0 Å². The number of esters is 1. The third kappa shape index (κ3) is 7.16. The molecule has 1 aromatic heterocycles. The topological polar surface area (TPSA) is 105 Å². The number of hydrogen-bond donors (Lipinski definition) is 3. The fourth-order valence-electron chi connectivity index (χ4n) is 5.06. The summed E-state index contributed by atoms with van der Waals surface area (Å²) < 4.78 is 5.64. The van der Waals surface area contributed by atoms with E-state index in [0.29, 0.717) is 41.2 Å². The molecule has 1 saturated carbocycles. The van der Waals surface area contributed by atoms with Gasteiger partial charge in [-0.3, -0.25) is 4.79 Å². The number of rotatable bonds is 8. The zero-order valence-electron chi connectivity index (χ0n) is 19.6. The number of nitrogens with zero attached hydrogens (tertiary/aromatic N) is 3. The molecule has 4 rings (SSSR count). The van der Waals surface area contributed by atoms with Crippen molar-refractivity contribution in [3.05, 3.63) is 23.2 Å². The molecule has 8 nitrogen and oxygen atoms in total. The minimum absolute atomic E-state index is 0. The summed E-state index contributed by atoms with van der Waals surface area (Å²) in [7, 11) is 0. The molecule has 0 amide bonds. The van der Waals surface area contributed by atoms with Crippen molar-refractivity contribution in [2.45, 2.75) is 64.5 Å². The van der Waals surface area contributed by atoms with Gasteiger partial charge in [-0.2, -0.15) is 5.21 Å².